The van der Waals surface area contributed by atoms with E-state index in [0.717, 1.165) is 31.7 Å². The van der Waals surface area contributed by atoms with Crippen LogP contribution >= 0.6 is 11.3 Å². The Bertz CT molecular complexity index is 211. The fourth-order valence-electron chi connectivity index (χ4n) is 1.16. The lowest BCUT2D eigenvalue weighted by Gasteiger charge is -2.09. The van der Waals surface area contributed by atoms with Crippen molar-refractivity contribution in [1.29, 1.82) is 0 Å². The second kappa shape index (κ2) is 6.07. The molecule has 0 bridgehead atoms. The molecule has 0 spiro atoms. The van der Waals surface area contributed by atoms with E-state index in [1.807, 2.05) is 5.51 Å². The van der Waals surface area contributed by atoms with Crippen molar-refractivity contribution < 1.29 is 0 Å². The fourth-order valence-corrected chi connectivity index (χ4v) is 1.72. The summed E-state index contributed by atoms with van der Waals surface area (Å²) in [4.78, 5) is 4.19. The van der Waals surface area contributed by atoms with Gasteiger partial charge in [0.15, 0.2) is 0 Å². The smallest absolute Gasteiger partial charge is 0.0795 e. The van der Waals surface area contributed by atoms with Crippen LogP contribution in [0.15, 0.2) is 10.9 Å². The average Bonchev–Trinajstić information content (AvgIpc) is 2.57. The summed E-state index contributed by atoms with van der Waals surface area (Å²) >= 11 is 1.64. The third kappa shape index (κ3) is 4.36. The van der Waals surface area contributed by atoms with Gasteiger partial charge in [-0.2, -0.15) is 0 Å². The first-order valence-corrected chi connectivity index (χ1v) is 5.55. The number of hydrogen-bond donors (Lipinski definition) is 2. The zero-order valence-corrected chi connectivity index (χ0v) is 8.81. The van der Waals surface area contributed by atoms with Gasteiger partial charge in [0.2, 0.25) is 0 Å². The van der Waals surface area contributed by atoms with Crippen molar-refractivity contribution >= 4 is 11.3 Å². The molecule has 4 heteroatoms. The minimum Gasteiger partial charge on any atom is -0.330 e. The molecule has 0 saturated heterocycles. The van der Waals surface area contributed by atoms with Crippen LogP contribution in [0.5, 0.6) is 0 Å². The van der Waals surface area contributed by atoms with Gasteiger partial charge in [-0.25, -0.2) is 4.98 Å². The third-order valence-corrected chi connectivity index (χ3v) is 2.58. The van der Waals surface area contributed by atoms with Gasteiger partial charge in [-0.1, -0.05) is 6.92 Å². The molecule has 0 fully saturated rings. The van der Waals surface area contributed by atoms with E-state index in [1.165, 1.54) is 0 Å². The molecule has 74 valence electrons. The molecule has 3 N–H and O–H groups in total. The van der Waals surface area contributed by atoms with E-state index in [2.05, 4.69) is 22.6 Å². The zero-order chi connectivity index (χ0) is 9.52. The highest BCUT2D eigenvalue weighted by molar-refractivity contribution is 7.07. The van der Waals surface area contributed by atoms with Gasteiger partial charge in [0.25, 0.3) is 0 Å². The Labute approximate surface area is 83.4 Å². The predicted molar refractivity (Wildman–Crippen MR) is 56.7 cm³/mol. The van der Waals surface area contributed by atoms with Crippen LogP contribution in [0.3, 0.4) is 0 Å². The molecule has 1 aromatic heterocycles. The SMILES string of the molecule is CC(CCN)CNCc1cscn1. The second-order valence-electron chi connectivity index (χ2n) is 3.29. The van der Waals surface area contributed by atoms with Gasteiger partial charge in [-0.15, -0.1) is 11.3 Å². The molecular formula is C9H17N3S. The molecule has 0 amide bonds. The molecule has 13 heavy (non-hydrogen) atoms. The Morgan fingerprint density at radius 1 is 1.69 bits per heavy atom. The van der Waals surface area contributed by atoms with Crippen LogP contribution in [-0.4, -0.2) is 18.1 Å². The fraction of sp³-hybridized carbons (Fsp3) is 0.667. The maximum atomic E-state index is 5.46. The molecule has 1 rings (SSSR count). The van der Waals surface area contributed by atoms with E-state index < -0.39 is 0 Å². The van der Waals surface area contributed by atoms with Crippen LogP contribution in [0.1, 0.15) is 19.0 Å². The molecule has 1 aromatic rings. The lowest BCUT2D eigenvalue weighted by atomic mass is 10.1. The first kappa shape index (κ1) is 10.6. The Morgan fingerprint density at radius 3 is 3.15 bits per heavy atom. The van der Waals surface area contributed by atoms with E-state index >= 15 is 0 Å². The molecule has 0 aliphatic rings. The van der Waals surface area contributed by atoms with Crippen LogP contribution in [0.2, 0.25) is 0 Å². The number of nitrogens with two attached hydrogens (primary N) is 1. The summed E-state index contributed by atoms with van der Waals surface area (Å²) in [7, 11) is 0. The standard InChI is InChI=1S/C9H17N3S/c1-8(2-3-10)4-11-5-9-6-13-7-12-9/h6-8,11H,2-5,10H2,1H3. The van der Waals surface area contributed by atoms with Crippen molar-refractivity contribution in [2.45, 2.75) is 19.9 Å². The maximum Gasteiger partial charge on any atom is 0.0795 e. The predicted octanol–water partition coefficient (Wildman–Crippen LogP) is 1.22. The largest absolute Gasteiger partial charge is 0.330 e. The quantitative estimate of drug-likeness (QED) is 0.724. The number of nitrogens with zero attached hydrogens (tertiary/aromatic N) is 1. The van der Waals surface area contributed by atoms with Crippen molar-refractivity contribution in [1.82, 2.24) is 10.3 Å². The normalized spacial score (nSPS) is 13.1. The Morgan fingerprint density at radius 2 is 2.54 bits per heavy atom. The van der Waals surface area contributed by atoms with E-state index in [-0.39, 0.29) is 0 Å². The summed E-state index contributed by atoms with van der Waals surface area (Å²) < 4.78 is 0. The average molecular weight is 199 g/mol. The summed E-state index contributed by atoms with van der Waals surface area (Å²) in [6, 6.07) is 0. The molecule has 0 radical (unpaired) electrons. The van der Waals surface area contributed by atoms with E-state index in [1.54, 1.807) is 11.3 Å². The first-order valence-electron chi connectivity index (χ1n) is 4.60. The van der Waals surface area contributed by atoms with Gasteiger partial charge in [0.05, 0.1) is 11.2 Å². The van der Waals surface area contributed by atoms with Crippen molar-refractivity contribution in [3.05, 3.63) is 16.6 Å². The summed E-state index contributed by atoms with van der Waals surface area (Å²) in [5.74, 6) is 0.656. The number of hydrogen-bond acceptors (Lipinski definition) is 4. The lowest BCUT2D eigenvalue weighted by molar-refractivity contribution is 0.485. The highest BCUT2D eigenvalue weighted by Crippen LogP contribution is 2.01. The molecular weight excluding hydrogens is 182 g/mol. The van der Waals surface area contributed by atoms with E-state index in [9.17, 15) is 0 Å². The number of rotatable bonds is 6. The number of nitrogens with one attached hydrogen (secondary N) is 1. The molecule has 0 aromatic carbocycles. The van der Waals surface area contributed by atoms with Crippen molar-refractivity contribution in [3.8, 4) is 0 Å². The van der Waals surface area contributed by atoms with Crippen molar-refractivity contribution in [3.63, 3.8) is 0 Å². The minimum absolute atomic E-state index is 0.656. The van der Waals surface area contributed by atoms with Gasteiger partial charge in [0.1, 0.15) is 0 Å². The summed E-state index contributed by atoms with van der Waals surface area (Å²) in [5.41, 5.74) is 8.45. The van der Waals surface area contributed by atoms with Gasteiger partial charge < -0.3 is 11.1 Å². The molecule has 1 unspecified atom stereocenters. The van der Waals surface area contributed by atoms with Gasteiger partial charge in [-0.05, 0) is 25.4 Å². The molecule has 0 saturated carbocycles. The molecule has 1 atom stereocenters. The third-order valence-electron chi connectivity index (χ3n) is 1.94. The lowest BCUT2D eigenvalue weighted by Crippen LogP contribution is -2.22. The molecule has 3 nitrogen and oxygen atoms in total. The molecule has 0 aliphatic carbocycles. The van der Waals surface area contributed by atoms with E-state index in [0.29, 0.717) is 5.92 Å². The van der Waals surface area contributed by atoms with Crippen LogP contribution in [0, 0.1) is 5.92 Å². The van der Waals surface area contributed by atoms with E-state index in [4.69, 9.17) is 5.73 Å². The topological polar surface area (TPSA) is 50.9 Å². The van der Waals surface area contributed by atoms with Crippen molar-refractivity contribution in [2.75, 3.05) is 13.1 Å². The Hall–Kier alpha value is -0.450. The Kier molecular flexibility index (Phi) is 4.97. The molecule has 0 aliphatic heterocycles. The highest BCUT2D eigenvalue weighted by atomic mass is 32.1. The van der Waals surface area contributed by atoms with Gasteiger partial charge in [-0.3, -0.25) is 0 Å². The summed E-state index contributed by atoms with van der Waals surface area (Å²) in [6.45, 7) is 4.88. The monoisotopic (exact) mass is 199 g/mol. The van der Waals surface area contributed by atoms with Gasteiger partial charge >= 0.3 is 0 Å². The van der Waals surface area contributed by atoms with Crippen LogP contribution in [0.4, 0.5) is 0 Å². The summed E-state index contributed by atoms with van der Waals surface area (Å²) in [6.07, 6.45) is 1.09. The molecule has 1 heterocycles. The zero-order valence-electron chi connectivity index (χ0n) is 7.99. The minimum atomic E-state index is 0.656. The number of aromatic nitrogens is 1. The van der Waals surface area contributed by atoms with Crippen LogP contribution in [0.25, 0.3) is 0 Å². The first-order chi connectivity index (χ1) is 6.33. The number of thiazole rings is 1. The maximum absolute atomic E-state index is 5.46. The second-order valence-corrected chi connectivity index (χ2v) is 4.01. The van der Waals surface area contributed by atoms with Crippen LogP contribution < -0.4 is 11.1 Å². The highest BCUT2D eigenvalue weighted by Gasteiger charge is 2.00. The van der Waals surface area contributed by atoms with Gasteiger partial charge in [0, 0.05) is 11.9 Å². The van der Waals surface area contributed by atoms with Crippen molar-refractivity contribution in [2.24, 2.45) is 11.7 Å². The Balaban J connectivity index is 2.07. The summed E-state index contributed by atoms with van der Waals surface area (Å²) in [5, 5.41) is 5.43. The van der Waals surface area contributed by atoms with Crippen LogP contribution in [-0.2, 0) is 6.54 Å².